The summed E-state index contributed by atoms with van der Waals surface area (Å²) >= 11 is 6.55. The maximum Gasteiger partial charge on any atom is 0.165 e. The van der Waals surface area contributed by atoms with Gasteiger partial charge in [0.05, 0.1) is 23.4 Å². The van der Waals surface area contributed by atoms with Crippen molar-refractivity contribution in [3.63, 3.8) is 0 Å². The lowest BCUT2D eigenvalue weighted by atomic mass is 10.1. The number of halogens is 1. The van der Waals surface area contributed by atoms with Gasteiger partial charge in [-0.05, 0) is 51.8 Å². The van der Waals surface area contributed by atoms with Gasteiger partial charge in [-0.15, -0.1) is 0 Å². The van der Waals surface area contributed by atoms with Crippen molar-refractivity contribution in [3.8, 4) is 16.9 Å². The third kappa shape index (κ3) is 3.48. The molecule has 0 radical (unpaired) electrons. The highest BCUT2D eigenvalue weighted by atomic mass is 35.5. The molecule has 144 valence electrons. The zero-order valence-electron chi connectivity index (χ0n) is 16.9. The van der Waals surface area contributed by atoms with Gasteiger partial charge in [0.2, 0.25) is 0 Å². The maximum absolute atomic E-state index is 6.55. The monoisotopic (exact) mass is 386 g/mol. The molecule has 0 saturated heterocycles. The Labute approximate surface area is 165 Å². The van der Waals surface area contributed by atoms with Crippen LogP contribution in [0.3, 0.4) is 0 Å². The molecule has 1 aromatic carbocycles. The molecule has 0 atom stereocenters. The molecule has 6 heteroatoms. The molecule has 0 aliphatic carbocycles. The summed E-state index contributed by atoms with van der Waals surface area (Å²) in [4.78, 5) is 4.85. The Balaban J connectivity index is 2.25. The van der Waals surface area contributed by atoms with Gasteiger partial charge in [-0.3, -0.25) is 0 Å². The second-order valence-electron chi connectivity index (χ2n) is 6.87. The van der Waals surface area contributed by atoms with Crippen LogP contribution in [0.25, 0.3) is 16.8 Å². The lowest BCUT2D eigenvalue weighted by Crippen LogP contribution is -2.21. The number of fused-ring (bicyclic) bond motifs is 1. The molecule has 1 N–H and O–H groups in total. The number of nitrogens with one attached hydrogen (secondary N) is 1. The number of methoxy groups -OCH3 is 1. The number of nitrogens with zero attached hydrogens (tertiary/aromatic N) is 3. The third-order valence-electron chi connectivity index (χ3n) is 5.19. The highest BCUT2D eigenvalue weighted by Crippen LogP contribution is 2.36. The molecule has 0 aliphatic rings. The van der Waals surface area contributed by atoms with E-state index in [-0.39, 0.29) is 0 Å². The molecule has 0 amide bonds. The van der Waals surface area contributed by atoms with Gasteiger partial charge in [0.1, 0.15) is 11.6 Å². The SMILES string of the molecule is CCC(CC)Nc1c(C)c(C)nc2c(-c3ccc(OC)cc3Cl)c(C)nn12. The van der Waals surface area contributed by atoms with Gasteiger partial charge < -0.3 is 10.1 Å². The summed E-state index contributed by atoms with van der Waals surface area (Å²) < 4.78 is 7.20. The lowest BCUT2D eigenvalue weighted by molar-refractivity contribution is 0.415. The van der Waals surface area contributed by atoms with E-state index in [1.54, 1.807) is 7.11 Å². The number of rotatable bonds is 6. The minimum atomic E-state index is 0.395. The number of hydrogen-bond donors (Lipinski definition) is 1. The number of hydrogen-bond acceptors (Lipinski definition) is 4. The number of ether oxygens (including phenoxy) is 1. The number of aromatic nitrogens is 3. The predicted molar refractivity (Wildman–Crippen MR) is 112 cm³/mol. The van der Waals surface area contributed by atoms with E-state index in [1.807, 2.05) is 36.6 Å². The van der Waals surface area contributed by atoms with E-state index >= 15 is 0 Å². The van der Waals surface area contributed by atoms with Crippen LogP contribution in [0.4, 0.5) is 5.82 Å². The van der Waals surface area contributed by atoms with Gasteiger partial charge >= 0.3 is 0 Å². The van der Waals surface area contributed by atoms with Gasteiger partial charge in [0.25, 0.3) is 0 Å². The van der Waals surface area contributed by atoms with Crippen LogP contribution in [0.5, 0.6) is 5.75 Å². The van der Waals surface area contributed by atoms with Crippen LogP contribution in [0, 0.1) is 20.8 Å². The zero-order chi connectivity index (χ0) is 19.7. The van der Waals surface area contributed by atoms with Crippen LogP contribution in [-0.2, 0) is 0 Å². The average Bonchev–Trinajstić information content (AvgIpc) is 2.97. The summed E-state index contributed by atoms with van der Waals surface area (Å²) in [5, 5.41) is 9.09. The van der Waals surface area contributed by atoms with Crippen molar-refractivity contribution < 1.29 is 4.74 Å². The first kappa shape index (κ1) is 19.5. The van der Waals surface area contributed by atoms with Crippen molar-refractivity contribution in [1.29, 1.82) is 0 Å². The van der Waals surface area contributed by atoms with Crippen LogP contribution >= 0.6 is 11.6 Å². The van der Waals surface area contributed by atoms with Gasteiger partial charge in [0, 0.05) is 22.9 Å². The fourth-order valence-electron chi connectivity index (χ4n) is 3.34. The Kier molecular flexibility index (Phi) is 5.61. The fourth-order valence-corrected chi connectivity index (χ4v) is 3.61. The summed E-state index contributed by atoms with van der Waals surface area (Å²) in [6.07, 6.45) is 2.10. The fraction of sp³-hybridized carbons (Fsp3) is 0.429. The summed E-state index contributed by atoms with van der Waals surface area (Å²) in [6, 6.07) is 6.10. The highest BCUT2D eigenvalue weighted by Gasteiger charge is 2.21. The van der Waals surface area contributed by atoms with Crippen LogP contribution in [0.2, 0.25) is 5.02 Å². The van der Waals surface area contributed by atoms with E-state index in [2.05, 4.69) is 26.1 Å². The van der Waals surface area contributed by atoms with Gasteiger partial charge in [0.15, 0.2) is 5.65 Å². The number of aryl methyl sites for hydroxylation is 2. The molecule has 0 bridgehead atoms. The molecule has 0 fully saturated rings. The largest absolute Gasteiger partial charge is 0.497 e. The molecule has 0 spiro atoms. The van der Waals surface area contributed by atoms with Crippen molar-refractivity contribution in [2.24, 2.45) is 0 Å². The minimum Gasteiger partial charge on any atom is -0.497 e. The summed E-state index contributed by atoms with van der Waals surface area (Å²) in [7, 11) is 1.63. The topological polar surface area (TPSA) is 51.5 Å². The molecule has 2 heterocycles. The Morgan fingerprint density at radius 3 is 2.44 bits per heavy atom. The quantitative estimate of drug-likeness (QED) is 0.600. The van der Waals surface area contributed by atoms with Crippen LogP contribution in [0.1, 0.15) is 43.6 Å². The average molecular weight is 387 g/mol. The van der Waals surface area contributed by atoms with E-state index in [0.717, 1.165) is 58.1 Å². The molecule has 0 unspecified atom stereocenters. The standard InChI is InChI=1S/C21H27ClN4O/c1-7-15(8-2)24-20-12(3)13(4)23-21-19(14(5)25-26(20)21)17-10-9-16(27-6)11-18(17)22/h9-11,15,24H,7-8H2,1-6H3. The first-order valence-corrected chi connectivity index (χ1v) is 9.75. The first-order chi connectivity index (χ1) is 12.9. The molecule has 3 rings (SSSR count). The molecule has 27 heavy (non-hydrogen) atoms. The van der Waals surface area contributed by atoms with Crippen LogP contribution in [0.15, 0.2) is 18.2 Å². The normalized spacial score (nSPS) is 11.4. The number of benzene rings is 1. The Morgan fingerprint density at radius 2 is 1.85 bits per heavy atom. The second-order valence-corrected chi connectivity index (χ2v) is 7.28. The van der Waals surface area contributed by atoms with Crippen molar-refractivity contribution >= 4 is 23.1 Å². The van der Waals surface area contributed by atoms with Gasteiger partial charge in [-0.25, -0.2) is 4.98 Å². The summed E-state index contributed by atoms with van der Waals surface area (Å²) in [5.41, 5.74) is 5.68. The van der Waals surface area contributed by atoms with E-state index in [4.69, 9.17) is 26.4 Å². The van der Waals surface area contributed by atoms with E-state index in [1.165, 1.54) is 0 Å². The first-order valence-electron chi connectivity index (χ1n) is 9.38. The van der Waals surface area contributed by atoms with Crippen molar-refractivity contribution in [3.05, 3.63) is 40.2 Å². The molecular formula is C21H27ClN4O. The Bertz CT molecular complexity index is 976. The maximum atomic E-state index is 6.55. The van der Waals surface area contributed by atoms with E-state index < -0.39 is 0 Å². The smallest absolute Gasteiger partial charge is 0.165 e. The van der Waals surface area contributed by atoms with E-state index in [0.29, 0.717) is 11.1 Å². The molecule has 0 aliphatic heterocycles. The van der Waals surface area contributed by atoms with Crippen molar-refractivity contribution in [1.82, 2.24) is 14.6 Å². The Morgan fingerprint density at radius 1 is 1.15 bits per heavy atom. The zero-order valence-corrected chi connectivity index (χ0v) is 17.6. The predicted octanol–water partition coefficient (Wildman–Crippen LogP) is 5.58. The second kappa shape index (κ2) is 7.77. The highest BCUT2D eigenvalue weighted by molar-refractivity contribution is 6.33. The van der Waals surface area contributed by atoms with Gasteiger partial charge in [-0.1, -0.05) is 25.4 Å². The summed E-state index contributed by atoms with van der Waals surface area (Å²) in [6.45, 7) is 10.5. The number of anilines is 1. The van der Waals surface area contributed by atoms with E-state index in [9.17, 15) is 0 Å². The van der Waals surface area contributed by atoms with Crippen LogP contribution < -0.4 is 10.1 Å². The molecule has 5 nitrogen and oxygen atoms in total. The van der Waals surface area contributed by atoms with Crippen LogP contribution in [-0.4, -0.2) is 27.7 Å². The molecular weight excluding hydrogens is 360 g/mol. The minimum absolute atomic E-state index is 0.395. The summed E-state index contributed by atoms with van der Waals surface area (Å²) in [5.74, 6) is 1.74. The molecule has 0 saturated carbocycles. The van der Waals surface area contributed by atoms with Crippen molar-refractivity contribution in [2.45, 2.75) is 53.5 Å². The molecule has 2 aromatic heterocycles. The Hall–Kier alpha value is -2.27. The third-order valence-corrected chi connectivity index (χ3v) is 5.50. The molecule has 3 aromatic rings. The lowest BCUT2D eigenvalue weighted by Gasteiger charge is -2.19. The van der Waals surface area contributed by atoms with Crippen molar-refractivity contribution in [2.75, 3.05) is 12.4 Å². The van der Waals surface area contributed by atoms with Gasteiger partial charge in [-0.2, -0.15) is 9.61 Å².